The molecule has 0 aliphatic carbocycles. The molecule has 0 aromatic rings. The second-order valence-electron chi connectivity index (χ2n) is 0. The molecule has 0 fully saturated rings. The van der Waals surface area contributed by atoms with Crippen LogP contribution >= 0.6 is 0 Å². The summed E-state index contributed by atoms with van der Waals surface area (Å²) in [5, 5.41) is 26.0. The molecular formula is H12N4O4Zn. The van der Waals surface area contributed by atoms with E-state index in [1.165, 1.54) is 0 Å². The first-order chi connectivity index (χ1) is 4.00. The fraction of sp³-hybridized carbons (Fsp3) is 0. The molecular weight excluding hydrogens is 185 g/mol. The molecule has 0 aromatic heterocycles. The average molecular weight is 198 g/mol. The quantitative estimate of drug-likeness (QED) is 0.153. The van der Waals surface area contributed by atoms with Gasteiger partial charge in [-0.2, -0.15) is 0 Å². The summed E-state index contributed by atoms with van der Waals surface area (Å²) in [6.45, 7) is 0. The van der Waals surface area contributed by atoms with Gasteiger partial charge in [-0.1, -0.05) is 0 Å². The third kappa shape index (κ3) is 3580. The zero-order chi connectivity index (χ0) is 8.00. The standard InChI is InChI=1S/4H3NO.Zn/c4*1-2;/h4*2H,1H2;. The largest absolute Gasteiger partial charge is 0.320 e. The Morgan fingerprint density at radius 3 is 0.444 bits per heavy atom. The van der Waals surface area contributed by atoms with Gasteiger partial charge in [0, 0.05) is 19.5 Å². The first-order valence-electron chi connectivity index (χ1n) is 1.03. The van der Waals surface area contributed by atoms with E-state index in [1.807, 2.05) is 0 Å². The van der Waals surface area contributed by atoms with Crippen LogP contribution in [0.5, 0.6) is 0 Å². The van der Waals surface area contributed by atoms with E-state index in [1.54, 1.807) is 0 Å². The van der Waals surface area contributed by atoms with Crippen molar-refractivity contribution in [3.8, 4) is 0 Å². The van der Waals surface area contributed by atoms with Crippen molar-refractivity contribution in [1.82, 2.24) is 0 Å². The zero-order valence-electron chi connectivity index (χ0n) is 4.81. The normalized spacial score (nSPS) is 2.67. The van der Waals surface area contributed by atoms with Crippen LogP contribution in [0.25, 0.3) is 0 Å². The molecule has 8 nitrogen and oxygen atoms in total. The Morgan fingerprint density at radius 1 is 0.444 bits per heavy atom. The minimum atomic E-state index is 0. The SMILES string of the molecule is NO.NO.NO.NO.[Zn]. The third-order valence-corrected chi connectivity index (χ3v) is 0. The Balaban J connectivity index is -0.00000000762. The second-order valence-corrected chi connectivity index (χ2v) is 0. The molecule has 0 unspecified atom stereocenters. The van der Waals surface area contributed by atoms with Crippen LogP contribution in [0.15, 0.2) is 0 Å². The molecule has 0 radical (unpaired) electrons. The van der Waals surface area contributed by atoms with Gasteiger partial charge in [0.05, 0.1) is 0 Å². The molecule has 0 heterocycles. The van der Waals surface area contributed by atoms with E-state index in [4.69, 9.17) is 20.8 Å². The Bertz CT molecular complexity index is 12.5. The maximum absolute atomic E-state index is 6.50. The van der Waals surface area contributed by atoms with Crippen molar-refractivity contribution in [2.24, 2.45) is 23.6 Å². The number of rotatable bonds is 0. The van der Waals surface area contributed by atoms with Gasteiger partial charge in [0.1, 0.15) is 0 Å². The van der Waals surface area contributed by atoms with Crippen LogP contribution in [-0.2, 0) is 19.5 Å². The van der Waals surface area contributed by atoms with Crippen LogP contribution in [0.4, 0.5) is 0 Å². The predicted molar refractivity (Wildman–Crippen MR) is 23.9 cm³/mol. The summed E-state index contributed by atoms with van der Waals surface area (Å²) >= 11 is 0. The van der Waals surface area contributed by atoms with Crippen molar-refractivity contribution in [1.29, 1.82) is 0 Å². The molecule has 0 saturated carbocycles. The van der Waals surface area contributed by atoms with E-state index in [-0.39, 0.29) is 19.5 Å². The Hall–Kier alpha value is 0.303. The smallest absolute Gasteiger partial charge is 0 e. The van der Waals surface area contributed by atoms with Crippen molar-refractivity contribution in [3.05, 3.63) is 0 Å². The summed E-state index contributed by atoms with van der Waals surface area (Å²) in [5.41, 5.74) is 0. The van der Waals surface area contributed by atoms with Crippen molar-refractivity contribution >= 4 is 0 Å². The monoisotopic (exact) mass is 196 g/mol. The van der Waals surface area contributed by atoms with Crippen LogP contribution < -0.4 is 23.6 Å². The number of hydrogen-bond donors (Lipinski definition) is 8. The molecule has 0 aliphatic heterocycles. The first-order valence-corrected chi connectivity index (χ1v) is 1.03. The van der Waals surface area contributed by atoms with Gasteiger partial charge in [-0.3, -0.25) is 0 Å². The van der Waals surface area contributed by atoms with Gasteiger partial charge in [-0.15, -0.1) is 0 Å². The number of nitrogens with two attached hydrogens (primary N) is 4. The first kappa shape index (κ1) is 34.6. The van der Waals surface area contributed by atoms with Gasteiger partial charge in [0.15, 0.2) is 0 Å². The van der Waals surface area contributed by atoms with Crippen LogP contribution in [0, 0.1) is 0 Å². The van der Waals surface area contributed by atoms with Gasteiger partial charge in [-0.05, 0) is 0 Å². The molecule has 9 heteroatoms. The Morgan fingerprint density at radius 2 is 0.444 bits per heavy atom. The maximum atomic E-state index is 6.50. The molecule has 0 amide bonds. The van der Waals surface area contributed by atoms with E-state index in [0.29, 0.717) is 0 Å². The molecule has 0 rings (SSSR count). The Labute approximate surface area is 64.6 Å². The van der Waals surface area contributed by atoms with Crippen LogP contribution in [-0.4, -0.2) is 20.8 Å². The summed E-state index contributed by atoms with van der Waals surface area (Å²) in [6.07, 6.45) is 0. The van der Waals surface area contributed by atoms with E-state index >= 15 is 0 Å². The van der Waals surface area contributed by atoms with Crippen molar-refractivity contribution in [3.63, 3.8) is 0 Å². The summed E-state index contributed by atoms with van der Waals surface area (Å²) in [6, 6.07) is 0. The molecule has 0 saturated heterocycles. The average Bonchev–Trinajstić information content (AvgIpc) is 2.03. The zero-order valence-corrected chi connectivity index (χ0v) is 7.77. The second kappa shape index (κ2) is 4810. The van der Waals surface area contributed by atoms with E-state index in [9.17, 15) is 0 Å². The summed E-state index contributed by atoms with van der Waals surface area (Å²) < 4.78 is 0. The van der Waals surface area contributed by atoms with E-state index in [0.717, 1.165) is 0 Å². The molecule has 12 N–H and O–H groups in total. The molecule has 0 spiro atoms. The fourth-order valence-corrected chi connectivity index (χ4v) is 0. The van der Waals surface area contributed by atoms with Gasteiger partial charge in [0.2, 0.25) is 0 Å². The molecule has 58 valence electrons. The van der Waals surface area contributed by atoms with Crippen molar-refractivity contribution in [2.75, 3.05) is 0 Å². The summed E-state index contributed by atoms with van der Waals surface area (Å²) in [5.74, 6) is 14.0. The minimum Gasteiger partial charge on any atom is -0.320 e. The minimum absolute atomic E-state index is 0. The Kier molecular flexibility index (Phi) is 18500. The molecule has 0 atom stereocenters. The van der Waals surface area contributed by atoms with Crippen LogP contribution in [0.3, 0.4) is 0 Å². The van der Waals surface area contributed by atoms with Gasteiger partial charge in [0.25, 0.3) is 0 Å². The van der Waals surface area contributed by atoms with Gasteiger partial charge in [-0.25, -0.2) is 23.6 Å². The molecule has 0 aromatic carbocycles. The van der Waals surface area contributed by atoms with Gasteiger partial charge >= 0.3 is 0 Å². The van der Waals surface area contributed by atoms with Crippen molar-refractivity contribution in [2.45, 2.75) is 0 Å². The van der Waals surface area contributed by atoms with Crippen LogP contribution in [0.2, 0.25) is 0 Å². The van der Waals surface area contributed by atoms with Crippen LogP contribution in [0.1, 0.15) is 0 Å². The molecule has 9 heavy (non-hydrogen) atoms. The third-order valence-electron chi connectivity index (χ3n) is 0. The topological polar surface area (TPSA) is 185 Å². The predicted octanol–water partition coefficient (Wildman–Crippen LogP) is -2.67. The molecule has 0 bridgehead atoms. The summed E-state index contributed by atoms with van der Waals surface area (Å²) in [4.78, 5) is 0. The van der Waals surface area contributed by atoms with E-state index in [2.05, 4.69) is 23.6 Å². The molecule has 0 aliphatic rings. The van der Waals surface area contributed by atoms with E-state index < -0.39 is 0 Å². The van der Waals surface area contributed by atoms with Gasteiger partial charge < -0.3 is 20.8 Å². The number of hydrogen-bond acceptors (Lipinski definition) is 8. The fourth-order valence-electron chi connectivity index (χ4n) is 0. The maximum Gasteiger partial charge on any atom is 0 e. The van der Waals surface area contributed by atoms with Crippen molar-refractivity contribution < 1.29 is 40.3 Å². The summed E-state index contributed by atoms with van der Waals surface area (Å²) in [7, 11) is 0.